The Bertz CT molecular complexity index is 3440. The van der Waals surface area contributed by atoms with Crippen LogP contribution in [0.5, 0.6) is 0 Å². The van der Waals surface area contributed by atoms with Crippen molar-refractivity contribution in [3.05, 3.63) is 271 Å². The van der Waals surface area contributed by atoms with Crippen molar-refractivity contribution in [1.82, 2.24) is 4.57 Å². The maximum Gasteiger partial charge on any atom is 0.0686 e. The van der Waals surface area contributed by atoms with Gasteiger partial charge in [0.15, 0.2) is 0 Å². The molecule has 302 valence electrons. The van der Waals surface area contributed by atoms with Gasteiger partial charge in [-0.3, -0.25) is 0 Å². The normalized spacial score (nSPS) is 13.5. The highest BCUT2D eigenvalue weighted by molar-refractivity contribution is 6.13. The average molecular weight is 817 g/mol. The van der Waals surface area contributed by atoms with Crippen LogP contribution in [-0.2, 0) is 5.41 Å². The fourth-order valence-corrected chi connectivity index (χ4v) is 10.8. The van der Waals surface area contributed by atoms with Crippen LogP contribution in [0.1, 0.15) is 29.2 Å². The molecule has 12 rings (SSSR count). The molecule has 10 aromatic rings. The summed E-state index contributed by atoms with van der Waals surface area (Å²) in [6.45, 7) is 6.44. The predicted molar refractivity (Wildman–Crippen MR) is 270 cm³/mol. The van der Waals surface area contributed by atoms with Gasteiger partial charge in [0.05, 0.1) is 16.4 Å². The van der Waals surface area contributed by atoms with E-state index in [0.29, 0.717) is 0 Å². The van der Waals surface area contributed by atoms with E-state index in [9.17, 15) is 0 Å². The molecule has 2 aliphatic carbocycles. The standard InChI is InChI=1S/C62H44N2/c1-3-4-24-51-42(2)62(57-27-16-14-25-52(57)53-26-15-17-28-58(53)62)59-40-56-55-39-50(63(47-22-12-7-13-23-47)48-33-29-45(30-34-48)43-18-8-5-9-19-43)37-38-60(55)64(61(56)41-54(51)59)49-35-31-46(32-36-49)44-20-10-6-11-21-44/h3-41H,1H2,2H3/b24-4-. The zero-order valence-corrected chi connectivity index (χ0v) is 35.6. The van der Waals surface area contributed by atoms with Crippen LogP contribution in [0, 0.1) is 0 Å². The highest BCUT2D eigenvalue weighted by Gasteiger charge is 2.51. The van der Waals surface area contributed by atoms with Crippen LogP contribution >= 0.6 is 0 Å². The molecule has 0 saturated heterocycles. The molecule has 0 atom stereocenters. The minimum atomic E-state index is -0.447. The van der Waals surface area contributed by atoms with E-state index in [1.807, 2.05) is 6.08 Å². The third kappa shape index (κ3) is 5.66. The van der Waals surface area contributed by atoms with Crippen molar-refractivity contribution in [3.8, 4) is 39.1 Å². The van der Waals surface area contributed by atoms with Gasteiger partial charge in [0.1, 0.15) is 0 Å². The second-order valence-corrected chi connectivity index (χ2v) is 16.9. The molecule has 0 unspecified atom stereocenters. The SMILES string of the molecule is C=C/C=C\C1=C(C)C2(c3cc4c5cc(N(c6ccccc6)c6ccc(-c7ccccc7)cc6)ccc5n(-c5ccc(-c6ccccc6)cc5)c4cc31)c1ccccc1-c1ccccc12. The minimum absolute atomic E-state index is 0.447. The number of hydrogen-bond acceptors (Lipinski definition) is 1. The summed E-state index contributed by atoms with van der Waals surface area (Å²) in [7, 11) is 0. The molecule has 0 radical (unpaired) electrons. The first kappa shape index (κ1) is 37.6. The quantitative estimate of drug-likeness (QED) is 0.139. The zero-order chi connectivity index (χ0) is 42.8. The predicted octanol–water partition coefficient (Wildman–Crippen LogP) is 16.4. The zero-order valence-electron chi connectivity index (χ0n) is 35.6. The Hall–Kier alpha value is -8.20. The van der Waals surface area contributed by atoms with Crippen LogP contribution in [0.25, 0.3) is 66.4 Å². The first-order valence-corrected chi connectivity index (χ1v) is 22.1. The number of fused-ring (bicyclic) bond motifs is 10. The Morgan fingerprint density at radius 1 is 0.438 bits per heavy atom. The topological polar surface area (TPSA) is 8.17 Å². The fourth-order valence-electron chi connectivity index (χ4n) is 10.8. The maximum absolute atomic E-state index is 4.09. The summed E-state index contributed by atoms with van der Waals surface area (Å²) in [6, 6.07) is 80.1. The summed E-state index contributed by atoms with van der Waals surface area (Å²) in [6.07, 6.45) is 6.25. The van der Waals surface area contributed by atoms with Crippen molar-refractivity contribution in [2.45, 2.75) is 12.3 Å². The summed E-state index contributed by atoms with van der Waals surface area (Å²) in [5, 5.41) is 2.42. The summed E-state index contributed by atoms with van der Waals surface area (Å²) in [4.78, 5) is 2.38. The largest absolute Gasteiger partial charge is 0.310 e. The Morgan fingerprint density at radius 3 is 1.55 bits per heavy atom. The van der Waals surface area contributed by atoms with Crippen molar-refractivity contribution in [1.29, 1.82) is 0 Å². The lowest BCUT2D eigenvalue weighted by Crippen LogP contribution is -2.26. The molecule has 0 saturated carbocycles. The van der Waals surface area contributed by atoms with Crippen LogP contribution in [0.3, 0.4) is 0 Å². The third-order valence-electron chi connectivity index (χ3n) is 13.6. The fraction of sp³-hybridized carbons (Fsp3) is 0.0323. The van der Waals surface area contributed by atoms with Gasteiger partial charge < -0.3 is 9.47 Å². The van der Waals surface area contributed by atoms with Gasteiger partial charge in [-0.15, -0.1) is 0 Å². The lowest BCUT2D eigenvalue weighted by atomic mass is 9.70. The van der Waals surface area contributed by atoms with E-state index in [2.05, 4.69) is 254 Å². The van der Waals surface area contributed by atoms with Crippen molar-refractivity contribution in [2.75, 3.05) is 4.90 Å². The van der Waals surface area contributed by atoms with Gasteiger partial charge in [-0.05, 0) is 140 Å². The van der Waals surface area contributed by atoms with E-state index in [-0.39, 0.29) is 0 Å². The van der Waals surface area contributed by atoms with Crippen molar-refractivity contribution < 1.29 is 0 Å². The molecule has 2 aliphatic rings. The summed E-state index contributed by atoms with van der Waals surface area (Å²) in [5.41, 5.74) is 21.5. The van der Waals surface area contributed by atoms with E-state index >= 15 is 0 Å². The van der Waals surface area contributed by atoms with Gasteiger partial charge in [0, 0.05) is 33.5 Å². The Kier molecular flexibility index (Phi) is 8.81. The molecule has 1 aromatic heterocycles. The van der Waals surface area contributed by atoms with E-state index in [4.69, 9.17) is 0 Å². The molecule has 64 heavy (non-hydrogen) atoms. The Balaban J connectivity index is 1.13. The molecule has 2 nitrogen and oxygen atoms in total. The first-order valence-electron chi connectivity index (χ1n) is 22.1. The first-order chi connectivity index (χ1) is 31.6. The number of aromatic nitrogens is 1. The molecule has 1 heterocycles. The average Bonchev–Trinajstić information content (AvgIpc) is 3.93. The summed E-state index contributed by atoms with van der Waals surface area (Å²) >= 11 is 0. The molecule has 0 amide bonds. The third-order valence-corrected chi connectivity index (χ3v) is 13.6. The van der Waals surface area contributed by atoms with E-state index in [1.165, 1.54) is 83.1 Å². The second kappa shape index (κ2) is 15.0. The Labute approximate surface area is 374 Å². The Morgan fingerprint density at radius 2 is 0.938 bits per heavy atom. The number of allylic oxidation sites excluding steroid dienone is 5. The number of para-hydroxylation sites is 1. The molecule has 9 aromatic carbocycles. The lowest BCUT2D eigenvalue weighted by molar-refractivity contribution is 0.768. The molecule has 0 fully saturated rings. The van der Waals surface area contributed by atoms with Gasteiger partial charge in [0.25, 0.3) is 0 Å². The van der Waals surface area contributed by atoms with Gasteiger partial charge in [0.2, 0.25) is 0 Å². The molecule has 1 spiro atoms. The molecule has 0 N–H and O–H groups in total. The molecule has 2 heteroatoms. The molecular weight excluding hydrogens is 773 g/mol. The van der Waals surface area contributed by atoms with Gasteiger partial charge in [-0.1, -0.05) is 176 Å². The second-order valence-electron chi connectivity index (χ2n) is 16.9. The molecule has 0 bridgehead atoms. The smallest absolute Gasteiger partial charge is 0.0686 e. The molecular formula is C62H44N2. The number of anilines is 3. The van der Waals surface area contributed by atoms with Crippen molar-refractivity contribution in [2.24, 2.45) is 0 Å². The number of benzene rings is 9. The van der Waals surface area contributed by atoms with Crippen LogP contribution in [0.2, 0.25) is 0 Å². The summed E-state index contributed by atoms with van der Waals surface area (Å²) in [5.74, 6) is 0. The van der Waals surface area contributed by atoms with E-state index in [0.717, 1.165) is 28.3 Å². The van der Waals surface area contributed by atoms with Crippen LogP contribution in [-0.4, -0.2) is 4.57 Å². The van der Waals surface area contributed by atoms with E-state index < -0.39 is 5.41 Å². The minimum Gasteiger partial charge on any atom is -0.310 e. The van der Waals surface area contributed by atoms with Crippen LogP contribution < -0.4 is 4.90 Å². The summed E-state index contributed by atoms with van der Waals surface area (Å²) < 4.78 is 2.47. The van der Waals surface area contributed by atoms with Crippen molar-refractivity contribution >= 4 is 44.4 Å². The van der Waals surface area contributed by atoms with Crippen molar-refractivity contribution in [3.63, 3.8) is 0 Å². The van der Waals surface area contributed by atoms with E-state index in [1.54, 1.807) is 0 Å². The number of rotatable bonds is 8. The van der Waals surface area contributed by atoms with Gasteiger partial charge in [-0.25, -0.2) is 0 Å². The van der Waals surface area contributed by atoms with Gasteiger partial charge in [-0.2, -0.15) is 0 Å². The highest BCUT2D eigenvalue weighted by Crippen LogP contribution is 2.62. The highest BCUT2D eigenvalue weighted by atomic mass is 15.1. The van der Waals surface area contributed by atoms with Crippen LogP contribution in [0.4, 0.5) is 17.1 Å². The van der Waals surface area contributed by atoms with Gasteiger partial charge >= 0.3 is 0 Å². The van der Waals surface area contributed by atoms with Crippen LogP contribution in [0.15, 0.2) is 249 Å². The monoisotopic (exact) mass is 816 g/mol. The number of hydrogen-bond donors (Lipinski definition) is 0. The molecule has 0 aliphatic heterocycles. The number of nitrogens with zero attached hydrogens (tertiary/aromatic N) is 2. The maximum atomic E-state index is 4.09. The lowest BCUT2D eigenvalue weighted by Gasteiger charge is -2.31.